The molecule has 0 amide bonds. The molecule has 0 fully saturated rings. The molecule has 0 aliphatic heterocycles. The molecule has 0 saturated heterocycles. The lowest BCUT2D eigenvalue weighted by Gasteiger charge is -2.17. The average molecular weight is 380 g/mol. The Bertz CT molecular complexity index is 1010. The molecule has 0 saturated carbocycles. The lowest BCUT2D eigenvalue weighted by atomic mass is 10.1. The molecule has 3 rings (SSSR count). The second kappa shape index (κ2) is 8.53. The Kier molecular flexibility index (Phi) is 5.90. The summed E-state index contributed by atoms with van der Waals surface area (Å²) in [5.41, 5.74) is 4.62. The van der Waals surface area contributed by atoms with E-state index in [1.807, 2.05) is 6.92 Å². The highest BCUT2D eigenvalue weighted by Gasteiger charge is 2.13. The summed E-state index contributed by atoms with van der Waals surface area (Å²) in [4.78, 5) is 12.7. The van der Waals surface area contributed by atoms with Gasteiger partial charge in [0.1, 0.15) is 11.4 Å². The largest absolute Gasteiger partial charge is 0.395 e. The van der Waals surface area contributed by atoms with Crippen LogP contribution in [-0.4, -0.2) is 39.4 Å². The predicted molar refractivity (Wildman–Crippen MR) is 108 cm³/mol. The first-order valence-electron chi connectivity index (χ1n) is 8.75. The van der Waals surface area contributed by atoms with Crippen molar-refractivity contribution < 1.29 is 9.50 Å². The number of nitrogens with one attached hydrogen (secondary N) is 3. The third-order valence-electron chi connectivity index (χ3n) is 4.13. The Morgan fingerprint density at radius 2 is 2.00 bits per heavy atom. The zero-order chi connectivity index (χ0) is 20.1. The fourth-order valence-corrected chi connectivity index (χ4v) is 2.71. The summed E-state index contributed by atoms with van der Waals surface area (Å²) in [5.74, 6) is -0.437. The molecule has 0 atom stereocenters. The highest BCUT2D eigenvalue weighted by molar-refractivity contribution is 5.90. The molecule has 7 nitrogen and oxygen atoms in total. The second-order valence-corrected chi connectivity index (χ2v) is 6.21. The van der Waals surface area contributed by atoms with E-state index in [2.05, 4.69) is 25.6 Å². The fourth-order valence-electron chi connectivity index (χ4n) is 2.71. The van der Waals surface area contributed by atoms with Crippen LogP contribution in [-0.2, 0) is 0 Å². The number of anilines is 3. The summed E-state index contributed by atoms with van der Waals surface area (Å²) in [5, 5.41) is 23.0. The lowest BCUT2D eigenvalue weighted by Crippen LogP contribution is -2.11. The van der Waals surface area contributed by atoms with Crippen molar-refractivity contribution in [2.75, 3.05) is 23.8 Å². The summed E-state index contributed by atoms with van der Waals surface area (Å²) in [6.45, 7) is 3.95. The molecule has 0 aromatic carbocycles. The molecule has 3 aromatic heterocycles. The molecule has 0 radical (unpaired) electrons. The molecule has 4 N–H and O–H groups in total. The van der Waals surface area contributed by atoms with E-state index in [4.69, 9.17) is 10.5 Å². The van der Waals surface area contributed by atoms with Crippen LogP contribution in [0.2, 0.25) is 0 Å². The molecule has 28 heavy (non-hydrogen) atoms. The summed E-state index contributed by atoms with van der Waals surface area (Å²) < 4.78 is 14.2. The van der Waals surface area contributed by atoms with Gasteiger partial charge in [0.15, 0.2) is 5.82 Å². The number of aromatic nitrogens is 3. The maximum atomic E-state index is 14.2. The summed E-state index contributed by atoms with van der Waals surface area (Å²) >= 11 is 0. The minimum absolute atomic E-state index is 0.0531. The first-order chi connectivity index (χ1) is 13.5. The molecule has 0 aliphatic carbocycles. The highest BCUT2D eigenvalue weighted by Crippen LogP contribution is 2.30. The monoisotopic (exact) mass is 380 g/mol. The topological polar surface area (TPSA) is 107 Å². The third kappa shape index (κ3) is 4.12. The van der Waals surface area contributed by atoms with Gasteiger partial charge < -0.3 is 21.1 Å². The van der Waals surface area contributed by atoms with E-state index >= 15 is 0 Å². The second-order valence-electron chi connectivity index (χ2n) is 6.21. The van der Waals surface area contributed by atoms with Crippen LogP contribution < -0.4 is 10.6 Å². The zero-order valence-electron chi connectivity index (χ0n) is 15.6. The van der Waals surface area contributed by atoms with Crippen molar-refractivity contribution >= 4 is 23.3 Å². The predicted octanol–water partition coefficient (Wildman–Crippen LogP) is 3.44. The molecule has 0 aliphatic rings. The van der Waals surface area contributed by atoms with Gasteiger partial charge in [-0.2, -0.15) is 0 Å². The number of halogens is 1. The number of aryl methyl sites for hydroxylation is 2. The fraction of sp³-hybridized carbons (Fsp3) is 0.200. The highest BCUT2D eigenvalue weighted by atomic mass is 19.1. The van der Waals surface area contributed by atoms with Gasteiger partial charge in [0, 0.05) is 36.5 Å². The Morgan fingerprint density at radius 3 is 2.75 bits per heavy atom. The van der Waals surface area contributed by atoms with Crippen molar-refractivity contribution in [3.05, 3.63) is 59.4 Å². The van der Waals surface area contributed by atoms with Crippen LogP contribution in [0.4, 0.5) is 21.5 Å². The number of pyridine rings is 3. The molecule has 0 spiro atoms. The van der Waals surface area contributed by atoms with Gasteiger partial charge in [-0.15, -0.1) is 0 Å². The molecular formula is C20H21FN6O. The maximum absolute atomic E-state index is 14.2. The van der Waals surface area contributed by atoms with Crippen molar-refractivity contribution in [1.29, 1.82) is 5.41 Å². The molecule has 3 heterocycles. The van der Waals surface area contributed by atoms with Crippen LogP contribution in [0.5, 0.6) is 0 Å². The number of rotatable bonds is 7. The summed E-state index contributed by atoms with van der Waals surface area (Å²) in [6.07, 6.45) is 4.38. The summed E-state index contributed by atoms with van der Waals surface area (Å²) in [6, 6.07) is 6.49. The van der Waals surface area contributed by atoms with Gasteiger partial charge in [0.25, 0.3) is 0 Å². The first kappa shape index (κ1) is 19.4. The zero-order valence-corrected chi connectivity index (χ0v) is 15.6. The van der Waals surface area contributed by atoms with E-state index in [0.29, 0.717) is 35.0 Å². The molecule has 3 aromatic rings. The van der Waals surface area contributed by atoms with Crippen molar-refractivity contribution in [2.45, 2.75) is 13.8 Å². The molecule has 8 heteroatoms. The normalized spacial score (nSPS) is 10.6. The van der Waals surface area contributed by atoms with Gasteiger partial charge in [-0.25, -0.2) is 9.37 Å². The van der Waals surface area contributed by atoms with Crippen LogP contribution in [0, 0.1) is 25.1 Å². The van der Waals surface area contributed by atoms with Crippen LogP contribution in [0.15, 0.2) is 36.7 Å². The van der Waals surface area contributed by atoms with Crippen LogP contribution in [0.1, 0.15) is 17.0 Å². The van der Waals surface area contributed by atoms with Crippen LogP contribution >= 0.6 is 0 Å². The smallest absolute Gasteiger partial charge is 0.151 e. The Morgan fingerprint density at radius 1 is 1.18 bits per heavy atom. The van der Waals surface area contributed by atoms with Crippen molar-refractivity contribution in [1.82, 2.24) is 15.0 Å². The SMILES string of the molecule is Cc1ccc(F)c(-c2cc(Nc3ccnc(C=N)c3NCCO)c(C)cn2)n1. The Balaban J connectivity index is 2.02. The average Bonchev–Trinajstić information content (AvgIpc) is 2.70. The first-order valence-corrected chi connectivity index (χ1v) is 8.75. The molecule has 0 unspecified atom stereocenters. The van der Waals surface area contributed by atoms with Crippen LogP contribution in [0.3, 0.4) is 0 Å². The number of hydrogen-bond donors (Lipinski definition) is 4. The summed E-state index contributed by atoms with van der Waals surface area (Å²) in [7, 11) is 0. The minimum atomic E-state index is -0.437. The van der Waals surface area contributed by atoms with E-state index in [1.54, 1.807) is 37.5 Å². The van der Waals surface area contributed by atoms with E-state index in [0.717, 1.165) is 17.5 Å². The van der Waals surface area contributed by atoms with Crippen molar-refractivity contribution in [3.8, 4) is 11.4 Å². The third-order valence-corrected chi connectivity index (χ3v) is 4.13. The Labute approximate surface area is 162 Å². The maximum Gasteiger partial charge on any atom is 0.151 e. The van der Waals surface area contributed by atoms with Gasteiger partial charge >= 0.3 is 0 Å². The van der Waals surface area contributed by atoms with E-state index in [-0.39, 0.29) is 12.3 Å². The van der Waals surface area contributed by atoms with E-state index in [9.17, 15) is 4.39 Å². The number of nitrogens with zero attached hydrogens (tertiary/aromatic N) is 3. The number of aliphatic hydroxyl groups excluding tert-OH is 1. The van der Waals surface area contributed by atoms with Crippen LogP contribution in [0.25, 0.3) is 11.4 Å². The van der Waals surface area contributed by atoms with E-state index in [1.165, 1.54) is 6.07 Å². The Hall–Kier alpha value is -3.39. The quantitative estimate of drug-likeness (QED) is 0.468. The molecule has 0 bridgehead atoms. The van der Waals surface area contributed by atoms with Gasteiger partial charge in [-0.1, -0.05) is 0 Å². The number of hydrogen-bond acceptors (Lipinski definition) is 7. The standard InChI is InChI=1S/C20H21FN6O/c1-12-11-25-17(19-14(21)4-3-13(2)26-19)9-16(12)27-15-5-6-23-18(10-22)20(15)24-7-8-28/h3-6,9-11,22,24,28H,7-8H2,1-2H3,(H,23,25,27). The number of aliphatic hydroxyl groups is 1. The van der Waals surface area contributed by atoms with Crippen molar-refractivity contribution in [3.63, 3.8) is 0 Å². The minimum Gasteiger partial charge on any atom is -0.395 e. The lowest BCUT2D eigenvalue weighted by molar-refractivity contribution is 0.311. The van der Waals surface area contributed by atoms with Gasteiger partial charge in [-0.05, 0) is 43.7 Å². The molecular weight excluding hydrogens is 359 g/mol. The van der Waals surface area contributed by atoms with E-state index < -0.39 is 5.82 Å². The molecule has 144 valence electrons. The van der Waals surface area contributed by atoms with Gasteiger partial charge in [0.2, 0.25) is 0 Å². The van der Waals surface area contributed by atoms with Gasteiger partial charge in [-0.3, -0.25) is 9.97 Å². The van der Waals surface area contributed by atoms with Crippen molar-refractivity contribution in [2.24, 2.45) is 0 Å². The van der Waals surface area contributed by atoms with Gasteiger partial charge in [0.05, 0.1) is 23.7 Å².